The molecule has 0 radical (unpaired) electrons. The van der Waals surface area contributed by atoms with E-state index in [1.54, 1.807) is 0 Å². The van der Waals surface area contributed by atoms with Crippen molar-refractivity contribution < 1.29 is 31.1 Å². The Morgan fingerprint density at radius 1 is 1.20 bits per heavy atom. The first kappa shape index (κ1) is 11.8. The summed E-state index contributed by atoms with van der Waals surface area (Å²) in [5.41, 5.74) is -5.57. The maximum absolute atomic E-state index is 12.6. The molecule has 0 saturated carbocycles. The van der Waals surface area contributed by atoms with E-state index in [4.69, 9.17) is 5.11 Å². The lowest BCUT2D eigenvalue weighted by Crippen LogP contribution is -2.23. The first-order chi connectivity index (χ1) is 6.68. The fourth-order valence-electron chi connectivity index (χ4n) is 0.837. The van der Waals surface area contributed by atoms with Crippen molar-refractivity contribution in [3.8, 4) is 5.75 Å². The summed E-state index contributed by atoms with van der Waals surface area (Å²) < 4.78 is 70.2. The van der Waals surface area contributed by atoms with Gasteiger partial charge in [-0.3, -0.25) is 0 Å². The summed E-state index contributed by atoms with van der Waals surface area (Å²) in [6, 6.07) is 1.87. The van der Waals surface area contributed by atoms with Crippen LogP contribution < -0.4 is 0 Å². The zero-order valence-corrected chi connectivity index (χ0v) is 7.73. The van der Waals surface area contributed by atoms with Crippen LogP contribution in [-0.2, 0) is 9.84 Å². The molecule has 0 aliphatic heterocycles. The molecule has 0 aliphatic carbocycles. The minimum absolute atomic E-state index is 0.473. The highest BCUT2D eigenvalue weighted by Gasteiger charge is 2.48. The van der Waals surface area contributed by atoms with E-state index < -0.39 is 31.8 Å². The van der Waals surface area contributed by atoms with E-state index in [1.165, 1.54) is 0 Å². The maximum Gasteiger partial charge on any atom is 0.502 e. The van der Waals surface area contributed by atoms with Crippen molar-refractivity contribution in [2.45, 2.75) is 10.4 Å². The zero-order valence-electron chi connectivity index (χ0n) is 6.92. The highest BCUT2D eigenvalue weighted by molar-refractivity contribution is 7.92. The van der Waals surface area contributed by atoms with Crippen molar-refractivity contribution in [1.29, 1.82) is 0 Å². The molecule has 0 saturated heterocycles. The second kappa shape index (κ2) is 3.37. The van der Waals surface area contributed by atoms with Crippen molar-refractivity contribution in [2.24, 2.45) is 0 Å². The average molecular weight is 244 g/mol. The van der Waals surface area contributed by atoms with E-state index in [9.17, 15) is 26.0 Å². The molecule has 1 aromatic carbocycles. The molecule has 15 heavy (non-hydrogen) atoms. The van der Waals surface area contributed by atoms with Crippen molar-refractivity contribution in [3.63, 3.8) is 0 Å². The standard InChI is InChI=1S/C7H4F4O3S/c8-4-2-1-3-5(6(4)12)15(13,14)7(9,10)11/h1-3,12H. The van der Waals surface area contributed by atoms with Crippen LogP contribution in [0.25, 0.3) is 0 Å². The predicted molar refractivity (Wildman–Crippen MR) is 41.3 cm³/mol. The van der Waals surface area contributed by atoms with E-state index in [0.717, 1.165) is 6.07 Å². The molecule has 1 rings (SSSR count). The normalized spacial score (nSPS) is 12.8. The van der Waals surface area contributed by atoms with Gasteiger partial charge in [0.15, 0.2) is 11.6 Å². The molecule has 0 aromatic heterocycles. The molecular weight excluding hydrogens is 240 g/mol. The second-order valence-electron chi connectivity index (χ2n) is 2.54. The Hall–Kier alpha value is -1.31. The van der Waals surface area contributed by atoms with Gasteiger partial charge in [0, 0.05) is 0 Å². The third-order valence-corrected chi connectivity index (χ3v) is 3.06. The predicted octanol–water partition coefficient (Wildman–Crippen LogP) is 1.82. The van der Waals surface area contributed by atoms with Crippen molar-refractivity contribution in [3.05, 3.63) is 24.0 Å². The number of alkyl halides is 3. The Balaban J connectivity index is 3.49. The molecule has 0 bridgehead atoms. The number of para-hydroxylation sites is 1. The molecule has 0 amide bonds. The summed E-state index contributed by atoms with van der Waals surface area (Å²) in [4.78, 5) is -1.49. The van der Waals surface area contributed by atoms with Crippen LogP contribution in [0.15, 0.2) is 23.1 Å². The number of sulfone groups is 1. The molecular formula is C7H4F4O3S. The van der Waals surface area contributed by atoms with Gasteiger partial charge in [0.25, 0.3) is 9.84 Å². The average Bonchev–Trinajstić information content (AvgIpc) is 2.07. The van der Waals surface area contributed by atoms with E-state index in [-0.39, 0.29) is 0 Å². The number of hydrogen-bond donors (Lipinski definition) is 1. The Morgan fingerprint density at radius 3 is 2.20 bits per heavy atom. The largest absolute Gasteiger partial charge is 0.504 e. The summed E-state index contributed by atoms with van der Waals surface area (Å²) in [6.07, 6.45) is 0. The third kappa shape index (κ3) is 1.89. The van der Waals surface area contributed by atoms with E-state index in [2.05, 4.69) is 0 Å². The Labute approximate surface area is 81.9 Å². The highest BCUT2D eigenvalue weighted by atomic mass is 32.2. The van der Waals surface area contributed by atoms with Crippen LogP contribution in [0.4, 0.5) is 17.6 Å². The first-order valence-corrected chi connectivity index (χ1v) is 4.95. The number of aromatic hydroxyl groups is 1. The number of phenolic OH excluding ortho intramolecular Hbond substituents is 1. The summed E-state index contributed by atoms with van der Waals surface area (Å²) >= 11 is 0. The lowest BCUT2D eigenvalue weighted by Gasteiger charge is -2.09. The van der Waals surface area contributed by atoms with Crippen LogP contribution in [0, 0.1) is 5.82 Å². The second-order valence-corrected chi connectivity index (χ2v) is 4.45. The molecule has 0 heterocycles. The maximum atomic E-state index is 12.6. The molecule has 0 spiro atoms. The quantitative estimate of drug-likeness (QED) is 0.766. The van der Waals surface area contributed by atoms with Gasteiger partial charge in [0.2, 0.25) is 0 Å². The van der Waals surface area contributed by atoms with Gasteiger partial charge in [0.05, 0.1) is 0 Å². The van der Waals surface area contributed by atoms with Crippen LogP contribution in [0.1, 0.15) is 0 Å². The molecule has 0 fully saturated rings. The monoisotopic (exact) mass is 244 g/mol. The lowest BCUT2D eigenvalue weighted by atomic mass is 10.3. The topological polar surface area (TPSA) is 54.4 Å². The number of rotatable bonds is 1. The van der Waals surface area contributed by atoms with Gasteiger partial charge in [-0.15, -0.1) is 0 Å². The zero-order chi connectivity index (χ0) is 11.9. The molecule has 1 N–H and O–H groups in total. The van der Waals surface area contributed by atoms with Gasteiger partial charge >= 0.3 is 5.51 Å². The summed E-state index contributed by atoms with van der Waals surface area (Å²) in [5, 5.41) is 8.84. The first-order valence-electron chi connectivity index (χ1n) is 3.47. The van der Waals surface area contributed by atoms with Gasteiger partial charge in [-0.25, -0.2) is 12.8 Å². The molecule has 0 aliphatic rings. The SMILES string of the molecule is O=S(=O)(c1cccc(F)c1O)C(F)(F)F. The van der Waals surface area contributed by atoms with Crippen LogP contribution in [0.2, 0.25) is 0 Å². The number of hydrogen-bond acceptors (Lipinski definition) is 3. The molecule has 1 aromatic rings. The van der Waals surface area contributed by atoms with Gasteiger partial charge in [-0.05, 0) is 12.1 Å². The summed E-state index contributed by atoms with van der Waals surface area (Å²) in [7, 11) is -5.72. The molecule has 84 valence electrons. The highest BCUT2D eigenvalue weighted by Crippen LogP contribution is 2.35. The number of phenols is 1. The van der Waals surface area contributed by atoms with Crippen molar-refractivity contribution >= 4 is 9.84 Å². The molecule has 3 nitrogen and oxygen atoms in total. The van der Waals surface area contributed by atoms with E-state index in [0.29, 0.717) is 12.1 Å². The number of benzene rings is 1. The smallest absolute Gasteiger partial charge is 0.502 e. The fraction of sp³-hybridized carbons (Fsp3) is 0.143. The lowest BCUT2D eigenvalue weighted by molar-refractivity contribution is -0.0437. The molecule has 0 unspecified atom stereocenters. The molecule has 8 heteroatoms. The van der Waals surface area contributed by atoms with Crippen molar-refractivity contribution in [2.75, 3.05) is 0 Å². The summed E-state index contributed by atoms with van der Waals surface area (Å²) in [5.74, 6) is -2.96. The minimum atomic E-state index is -5.72. The van der Waals surface area contributed by atoms with Crippen molar-refractivity contribution in [1.82, 2.24) is 0 Å². The van der Waals surface area contributed by atoms with E-state index >= 15 is 0 Å². The minimum Gasteiger partial charge on any atom is -0.504 e. The molecule has 0 atom stereocenters. The van der Waals surface area contributed by atoms with Gasteiger partial charge in [-0.2, -0.15) is 13.2 Å². The summed E-state index contributed by atoms with van der Waals surface area (Å²) in [6.45, 7) is 0. The Morgan fingerprint density at radius 2 is 1.73 bits per heavy atom. The Kier molecular flexibility index (Phi) is 2.64. The van der Waals surface area contributed by atoms with E-state index in [1.807, 2.05) is 0 Å². The van der Waals surface area contributed by atoms with Crippen LogP contribution >= 0.6 is 0 Å². The van der Waals surface area contributed by atoms with Crippen LogP contribution in [0.3, 0.4) is 0 Å². The van der Waals surface area contributed by atoms with Gasteiger partial charge < -0.3 is 5.11 Å². The van der Waals surface area contributed by atoms with Gasteiger partial charge in [0.1, 0.15) is 4.90 Å². The number of halogens is 4. The third-order valence-electron chi connectivity index (χ3n) is 1.54. The Bertz CT molecular complexity index is 477. The van der Waals surface area contributed by atoms with Gasteiger partial charge in [-0.1, -0.05) is 6.07 Å². The van der Waals surface area contributed by atoms with Crippen LogP contribution in [0.5, 0.6) is 5.75 Å². The van der Waals surface area contributed by atoms with Crippen LogP contribution in [-0.4, -0.2) is 19.0 Å². The fourth-order valence-corrected chi connectivity index (χ4v) is 1.70.